The highest BCUT2D eigenvalue weighted by atomic mass is 35.5. The Kier molecular flexibility index (Phi) is 6.17. The van der Waals surface area contributed by atoms with Crippen molar-refractivity contribution < 1.29 is 5.11 Å². The van der Waals surface area contributed by atoms with Crippen LogP contribution in [0, 0.1) is 5.92 Å². The van der Waals surface area contributed by atoms with Gasteiger partial charge in [0.25, 0.3) is 0 Å². The summed E-state index contributed by atoms with van der Waals surface area (Å²) >= 11 is 6.18. The Morgan fingerprint density at radius 3 is 2.50 bits per heavy atom. The van der Waals surface area contributed by atoms with Crippen LogP contribution in [0.4, 0.5) is 0 Å². The Morgan fingerprint density at radius 1 is 1.28 bits per heavy atom. The van der Waals surface area contributed by atoms with Gasteiger partial charge in [-0.05, 0) is 25.3 Å². The first-order chi connectivity index (χ1) is 8.51. The third-order valence-electron chi connectivity index (χ3n) is 3.68. The van der Waals surface area contributed by atoms with Crippen LogP contribution in [0.15, 0.2) is 24.3 Å². The summed E-state index contributed by atoms with van der Waals surface area (Å²) in [5.74, 6) is 0.566. The molecule has 18 heavy (non-hydrogen) atoms. The summed E-state index contributed by atoms with van der Waals surface area (Å²) < 4.78 is 0. The van der Waals surface area contributed by atoms with Gasteiger partial charge < -0.3 is 5.11 Å². The summed E-state index contributed by atoms with van der Waals surface area (Å²) in [6.07, 6.45) is 5.53. The molecule has 1 nitrogen and oxygen atoms in total. The molecule has 0 aliphatic carbocycles. The number of hydrogen-bond acceptors (Lipinski definition) is 1. The van der Waals surface area contributed by atoms with Crippen molar-refractivity contribution in [1.82, 2.24) is 0 Å². The van der Waals surface area contributed by atoms with Gasteiger partial charge >= 0.3 is 0 Å². The van der Waals surface area contributed by atoms with Crippen LogP contribution in [0.2, 0.25) is 5.02 Å². The molecule has 0 radical (unpaired) electrons. The molecule has 0 aliphatic heterocycles. The van der Waals surface area contributed by atoms with Crippen LogP contribution in [0.3, 0.4) is 0 Å². The van der Waals surface area contributed by atoms with Crippen LogP contribution in [-0.2, 0) is 5.60 Å². The lowest BCUT2D eigenvalue weighted by molar-refractivity contribution is 0.0276. The number of benzene rings is 1. The molecule has 0 aliphatic rings. The number of unbranched alkanes of at least 4 members (excludes halogenated alkanes) is 1. The smallest absolute Gasteiger partial charge is 0.0885 e. The highest BCUT2D eigenvalue weighted by Crippen LogP contribution is 2.35. The van der Waals surface area contributed by atoms with Gasteiger partial charge in [0.05, 0.1) is 5.60 Å². The lowest BCUT2D eigenvalue weighted by Crippen LogP contribution is -2.25. The molecule has 1 aromatic carbocycles. The molecule has 0 saturated carbocycles. The Morgan fingerprint density at radius 2 is 1.94 bits per heavy atom. The standard InChI is InChI=1S/C16H25ClO/c1-4-6-9-13(5-2)12-16(3,18)14-10-7-8-11-15(14)17/h7-8,10-11,13,18H,4-6,9,12H2,1-3H3. The molecule has 0 aromatic heterocycles. The fraction of sp³-hybridized carbons (Fsp3) is 0.625. The van der Waals surface area contributed by atoms with Crippen LogP contribution in [-0.4, -0.2) is 5.11 Å². The van der Waals surface area contributed by atoms with Crippen molar-refractivity contribution in [2.24, 2.45) is 5.92 Å². The summed E-state index contributed by atoms with van der Waals surface area (Å²) in [4.78, 5) is 0. The van der Waals surface area contributed by atoms with E-state index in [-0.39, 0.29) is 0 Å². The Balaban J connectivity index is 2.76. The fourth-order valence-electron chi connectivity index (χ4n) is 2.51. The zero-order chi connectivity index (χ0) is 13.6. The summed E-state index contributed by atoms with van der Waals surface area (Å²) in [5.41, 5.74) is 0.0221. The molecular formula is C16H25ClO. The summed E-state index contributed by atoms with van der Waals surface area (Å²) in [6.45, 7) is 6.28. The van der Waals surface area contributed by atoms with E-state index < -0.39 is 5.60 Å². The Labute approximate surface area is 116 Å². The predicted octanol–water partition coefficient (Wildman–Crippen LogP) is 5.15. The van der Waals surface area contributed by atoms with E-state index in [0.717, 1.165) is 18.4 Å². The molecule has 2 atom stereocenters. The minimum absolute atomic E-state index is 0.566. The van der Waals surface area contributed by atoms with E-state index in [2.05, 4.69) is 13.8 Å². The molecule has 2 unspecified atom stereocenters. The van der Waals surface area contributed by atoms with E-state index in [1.807, 2.05) is 31.2 Å². The largest absolute Gasteiger partial charge is 0.385 e. The van der Waals surface area contributed by atoms with Crippen LogP contribution in [0.25, 0.3) is 0 Å². The van der Waals surface area contributed by atoms with Crippen LogP contribution < -0.4 is 0 Å². The lowest BCUT2D eigenvalue weighted by Gasteiger charge is -2.29. The summed E-state index contributed by atoms with van der Waals surface area (Å²) in [7, 11) is 0. The first kappa shape index (κ1) is 15.5. The number of rotatable bonds is 7. The van der Waals surface area contributed by atoms with Crippen LogP contribution >= 0.6 is 11.6 Å². The van der Waals surface area contributed by atoms with Crippen molar-refractivity contribution in [2.45, 2.75) is 58.5 Å². The second kappa shape index (κ2) is 7.16. The highest BCUT2D eigenvalue weighted by molar-refractivity contribution is 6.31. The van der Waals surface area contributed by atoms with Gasteiger partial charge in [0.2, 0.25) is 0 Å². The van der Waals surface area contributed by atoms with Crippen molar-refractivity contribution in [3.8, 4) is 0 Å². The molecule has 0 amide bonds. The topological polar surface area (TPSA) is 20.2 Å². The van der Waals surface area contributed by atoms with Gasteiger partial charge in [-0.25, -0.2) is 0 Å². The average Bonchev–Trinajstić information content (AvgIpc) is 2.34. The summed E-state index contributed by atoms with van der Waals surface area (Å²) in [6, 6.07) is 7.60. The zero-order valence-electron chi connectivity index (χ0n) is 11.7. The first-order valence-corrected chi connectivity index (χ1v) is 7.36. The molecule has 1 aromatic rings. The number of halogens is 1. The van der Waals surface area contributed by atoms with Gasteiger partial charge in [0.15, 0.2) is 0 Å². The molecule has 2 heteroatoms. The maximum Gasteiger partial charge on any atom is 0.0885 e. The molecule has 0 bridgehead atoms. The lowest BCUT2D eigenvalue weighted by atomic mass is 9.83. The molecule has 1 rings (SSSR count). The van der Waals surface area contributed by atoms with Gasteiger partial charge in [-0.1, -0.05) is 69.3 Å². The van der Waals surface area contributed by atoms with Crippen molar-refractivity contribution in [2.75, 3.05) is 0 Å². The van der Waals surface area contributed by atoms with Crippen molar-refractivity contribution >= 4 is 11.6 Å². The van der Waals surface area contributed by atoms with E-state index in [1.165, 1.54) is 19.3 Å². The number of aliphatic hydroxyl groups is 1. The van der Waals surface area contributed by atoms with Gasteiger partial charge in [0, 0.05) is 10.6 Å². The second-order valence-corrected chi connectivity index (χ2v) is 5.78. The van der Waals surface area contributed by atoms with Gasteiger partial charge in [-0.15, -0.1) is 0 Å². The van der Waals surface area contributed by atoms with Crippen molar-refractivity contribution in [3.05, 3.63) is 34.9 Å². The molecule has 1 N–H and O–H groups in total. The Bertz CT molecular complexity index is 360. The van der Waals surface area contributed by atoms with Crippen molar-refractivity contribution in [1.29, 1.82) is 0 Å². The van der Waals surface area contributed by atoms with Gasteiger partial charge in [-0.2, -0.15) is 0 Å². The quantitative estimate of drug-likeness (QED) is 0.725. The highest BCUT2D eigenvalue weighted by Gasteiger charge is 2.28. The van der Waals surface area contributed by atoms with Crippen LogP contribution in [0.1, 0.15) is 58.4 Å². The van der Waals surface area contributed by atoms with Gasteiger partial charge in [0.1, 0.15) is 0 Å². The molecule has 0 spiro atoms. The minimum atomic E-state index is -0.827. The average molecular weight is 269 g/mol. The fourth-order valence-corrected chi connectivity index (χ4v) is 2.85. The maximum atomic E-state index is 10.7. The first-order valence-electron chi connectivity index (χ1n) is 6.98. The molecule has 102 valence electrons. The monoisotopic (exact) mass is 268 g/mol. The molecule has 0 heterocycles. The van der Waals surface area contributed by atoms with E-state index >= 15 is 0 Å². The van der Waals surface area contributed by atoms with E-state index in [0.29, 0.717) is 10.9 Å². The minimum Gasteiger partial charge on any atom is -0.385 e. The molecule has 0 fully saturated rings. The molecule has 0 saturated heterocycles. The second-order valence-electron chi connectivity index (χ2n) is 5.37. The zero-order valence-corrected chi connectivity index (χ0v) is 12.5. The SMILES string of the molecule is CCCCC(CC)CC(C)(O)c1ccccc1Cl. The van der Waals surface area contributed by atoms with Crippen LogP contribution in [0.5, 0.6) is 0 Å². The summed E-state index contributed by atoms with van der Waals surface area (Å²) in [5, 5.41) is 11.3. The molecular weight excluding hydrogens is 244 g/mol. The predicted molar refractivity (Wildman–Crippen MR) is 78.9 cm³/mol. The van der Waals surface area contributed by atoms with E-state index in [1.54, 1.807) is 0 Å². The van der Waals surface area contributed by atoms with E-state index in [4.69, 9.17) is 11.6 Å². The van der Waals surface area contributed by atoms with E-state index in [9.17, 15) is 5.11 Å². The van der Waals surface area contributed by atoms with Gasteiger partial charge in [-0.3, -0.25) is 0 Å². The maximum absolute atomic E-state index is 10.7. The Hall–Kier alpha value is -0.530. The number of hydrogen-bond donors (Lipinski definition) is 1. The third kappa shape index (κ3) is 4.29. The van der Waals surface area contributed by atoms with Crippen molar-refractivity contribution in [3.63, 3.8) is 0 Å². The normalized spacial score (nSPS) is 16.3. The third-order valence-corrected chi connectivity index (χ3v) is 4.01.